The summed E-state index contributed by atoms with van der Waals surface area (Å²) in [7, 11) is 2.50. The summed E-state index contributed by atoms with van der Waals surface area (Å²) >= 11 is 5.66. The second-order valence-corrected chi connectivity index (χ2v) is 7.90. The van der Waals surface area contributed by atoms with Crippen molar-refractivity contribution in [2.75, 3.05) is 14.2 Å². The van der Waals surface area contributed by atoms with Crippen LogP contribution in [0.4, 0.5) is 0 Å². The van der Waals surface area contributed by atoms with E-state index in [9.17, 15) is 9.59 Å². The highest BCUT2D eigenvalue weighted by Gasteiger charge is 2.60. The average Bonchev–Trinajstić information content (AvgIpc) is 2.92. The summed E-state index contributed by atoms with van der Waals surface area (Å²) in [6.45, 7) is 0. The zero-order valence-corrected chi connectivity index (χ0v) is 17.2. The molecule has 0 aliphatic carbocycles. The highest BCUT2D eigenvalue weighted by Crippen LogP contribution is 2.58. The van der Waals surface area contributed by atoms with Crippen LogP contribution in [0.15, 0.2) is 75.4 Å². The summed E-state index contributed by atoms with van der Waals surface area (Å²) < 4.78 is 22.5. The lowest BCUT2D eigenvalue weighted by Crippen LogP contribution is -2.39. The van der Waals surface area contributed by atoms with E-state index in [0.717, 1.165) is 11.8 Å². The number of methoxy groups -OCH3 is 2. The number of fused-ring (bicyclic) bond motifs is 3. The first-order valence-electron chi connectivity index (χ1n) is 8.58. The summed E-state index contributed by atoms with van der Waals surface area (Å²) in [5.74, 6) is -1.39. The van der Waals surface area contributed by atoms with E-state index in [2.05, 4.69) is 12.6 Å². The highest BCUT2D eigenvalue weighted by atomic mass is 32.2. The molecule has 0 radical (unpaired) electrons. The lowest BCUT2D eigenvalue weighted by atomic mass is 9.82. The smallest absolute Gasteiger partial charge is 0.345 e. The van der Waals surface area contributed by atoms with E-state index in [1.54, 1.807) is 35.4 Å². The van der Waals surface area contributed by atoms with Crippen LogP contribution in [0, 0.1) is 0 Å². The van der Waals surface area contributed by atoms with Crippen molar-refractivity contribution in [2.24, 2.45) is 0 Å². The molecule has 0 aromatic heterocycles. The first kappa shape index (κ1) is 19.7. The fraction of sp³-hybridized carbons (Fsp3) is 0.200. The number of ether oxygens (including phenoxy) is 4. The minimum atomic E-state index is -1.47. The maximum atomic E-state index is 13.0. The zero-order chi connectivity index (χ0) is 20.6. The molecule has 3 aliphatic heterocycles. The van der Waals surface area contributed by atoms with Gasteiger partial charge in [0.15, 0.2) is 5.60 Å². The van der Waals surface area contributed by atoms with Gasteiger partial charge >= 0.3 is 11.9 Å². The Morgan fingerprint density at radius 1 is 1.14 bits per heavy atom. The summed E-state index contributed by atoms with van der Waals surface area (Å²) in [5.41, 5.74) is -0.280. The molecule has 0 bridgehead atoms. The Kier molecular flexibility index (Phi) is 5.20. The van der Waals surface area contributed by atoms with Crippen molar-refractivity contribution in [1.82, 2.24) is 4.90 Å². The molecule has 3 heterocycles. The monoisotopic (exact) mass is 431 g/mol. The molecular formula is C20H17NO6S2. The largest absolute Gasteiger partial charge is 0.466 e. The topological polar surface area (TPSA) is 74.3 Å². The molecule has 0 saturated carbocycles. The molecule has 29 heavy (non-hydrogen) atoms. The predicted molar refractivity (Wildman–Crippen MR) is 109 cm³/mol. The molecule has 0 N–H and O–H groups in total. The van der Waals surface area contributed by atoms with Gasteiger partial charge in [0.1, 0.15) is 10.5 Å². The van der Waals surface area contributed by atoms with Crippen LogP contribution in [0.2, 0.25) is 0 Å². The van der Waals surface area contributed by atoms with Gasteiger partial charge in [-0.25, -0.2) is 9.59 Å². The summed E-state index contributed by atoms with van der Waals surface area (Å²) in [6.07, 6.45) is 5.88. The van der Waals surface area contributed by atoms with Crippen molar-refractivity contribution in [3.63, 3.8) is 0 Å². The van der Waals surface area contributed by atoms with Crippen LogP contribution in [-0.2, 0) is 34.1 Å². The highest BCUT2D eigenvalue weighted by molar-refractivity contribution is 8.18. The van der Waals surface area contributed by atoms with Crippen molar-refractivity contribution in [3.05, 3.63) is 80.9 Å². The third-order valence-corrected chi connectivity index (χ3v) is 6.10. The van der Waals surface area contributed by atoms with Gasteiger partial charge in [0, 0.05) is 6.20 Å². The van der Waals surface area contributed by atoms with E-state index in [1.165, 1.54) is 20.5 Å². The van der Waals surface area contributed by atoms with Crippen molar-refractivity contribution < 1.29 is 28.5 Å². The van der Waals surface area contributed by atoms with Crippen LogP contribution in [0.1, 0.15) is 5.56 Å². The number of hydrogen-bond donors (Lipinski definition) is 1. The molecule has 150 valence electrons. The molecule has 1 saturated heterocycles. The van der Waals surface area contributed by atoms with Crippen LogP contribution >= 0.6 is 24.4 Å². The van der Waals surface area contributed by atoms with Gasteiger partial charge in [0.25, 0.3) is 6.41 Å². The van der Waals surface area contributed by atoms with Gasteiger partial charge in [-0.05, 0) is 17.7 Å². The minimum absolute atomic E-state index is 0.0184. The van der Waals surface area contributed by atoms with E-state index >= 15 is 0 Å². The molecule has 7 nitrogen and oxygen atoms in total. The zero-order valence-electron chi connectivity index (χ0n) is 15.5. The Labute approximate surface area is 177 Å². The van der Waals surface area contributed by atoms with E-state index in [0.29, 0.717) is 15.5 Å². The van der Waals surface area contributed by atoms with Crippen LogP contribution in [-0.4, -0.2) is 37.5 Å². The quantitative estimate of drug-likeness (QED) is 0.578. The molecule has 0 unspecified atom stereocenters. The maximum Gasteiger partial charge on any atom is 0.345 e. The van der Waals surface area contributed by atoms with Crippen molar-refractivity contribution >= 4 is 36.3 Å². The molecule has 9 heteroatoms. The maximum absolute atomic E-state index is 13.0. The summed E-state index contributed by atoms with van der Waals surface area (Å²) in [5, 5.41) is 0. The molecule has 1 fully saturated rings. The van der Waals surface area contributed by atoms with Crippen molar-refractivity contribution in [3.8, 4) is 0 Å². The molecule has 3 aliphatic rings. The van der Waals surface area contributed by atoms with Crippen molar-refractivity contribution in [2.45, 2.75) is 12.0 Å². The van der Waals surface area contributed by atoms with Gasteiger partial charge in [0.2, 0.25) is 0 Å². The second kappa shape index (κ2) is 7.66. The fourth-order valence-electron chi connectivity index (χ4n) is 3.48. The number of esters is 2. The normalized spacial score (nSPS) is 25.2. The molecule has 0 spiro atoms. The number of benzene rings is 1. The summed E-state index contributed by atoms with van der Waals surface area (Å²) in [6, 6.07) is 9.09. The number of allylic oxidation sites excluding steroid dienone is 2. The summed E-state index contributed by atoms with van der Waals surface area (Å²) in [4.78, 5) is 27.3. The van der Waals surface area contributed by atoms with Gasteiger partial charge in [-0.2, -0.15) is 0 Å². The van der Waals surface area contributed by atoms with Crippen LogP contribution < -0.4 is 0 Å². The van der Waals surface area contributed by atoms with Gasteiger partial charge in [-0.3, -0.25) is 4.90 Å². The van der Waals surface area contributed by atoms with E-state index in [-0.39, 0.29) is 10.5 Å². The van der Waals surface area contributed by atoms with Gasteiger partial charge in [0.05, 0.1) is 30.4 Å². The Balaban J connectivity index is 2.05. The van der Waals surface area contributed by atoms with Crippen LogP contribution in [0.5, 0.6) is 0 Å². The number of carbonyl (C=O) groups is 2. The SMILES string of the molecule is COC(=O)C1=C(C(=O)OC)[C@]2(c3ccccc3)O[C@H]3OC=CC=CN3C2=C(S)S1. The lowest BCUT2D eigenvalue weighted by molar-refractivity contribution is -0.170. The Bertz CT molecular complexity index is 984. The van der Waals surface area contributed by atoms with Crippen LogP contribution in [0.3, 0.4) is 0 Å². The number of nitrogens with zero attached hydrogens (tertiary/aromatic N) is 1. The van der Waals surface area contributed by atoms with Gasteiger partial charge in [-0.15, -0.1) is 12.6 Å². The number of thiol groups is 1. The molecule has 1 aromatic rings. The predicted octanol–water partition coefficient (Wildman–Crippen LogP) is 3.00. The first-order valence-corrected chi connectivity index (χ1v) is 9.84. The Morgan fingerprint density at radius 3 is 2.55 bits per heavy atom. The van der Waals surface area contributed by atoms with E-state index in [4.69, 9.17) is 18.9 Å². The Hall–Kier alpha value is -2.62. The van der Waals surface area contributed by atoms with Gasteiger partial charge in [-0.1, -0.05) is 42.1 Å². The van der Waals surface area contributed by atoms with E-state index in [1.807, 2.05) is 18.2 Å². The standard InChI is InChI=1S/C20H17NO6S2/c1-24-16(22)13-14(17(23)25-2)29-18(28)15-20(13,12-8-4-3-5-9-12)27-19-21(15)10-6-7-11-26-19/h3-11,19,28H,1-2H3/t19-,20+/m1/s1. The van der Waals surface area contributed by atoms with Crippen molar-refractivity contribution in [1.29, 1.82) is 0 Å². The molecule has 4 rings (SSSR count). The second-order valence-electron chi connectivity index (χ2n) is 6.13. The molecule has 0 amide bonds. The third-order valence-electron chi connectivity index (χ3n) is 4.65. The average molecular weight is 431 g/mol. The first-order chi connectivity index (χ1) is 14.0. The number of rotatable bonds is 3. The lowest BCUT2D eigenvalue weighted by Gasteiger charge is -2.36. The molecule has 2 atom stereocenters. The van der Waals surface area contributed by atoms with E-state index < -0.39 is 24.0 Å². The molecule has 1 aromatic carbocycles. The van der Waals surface area contributed by atoms with Crippen LogP contribution in [0.25, 0.3) is 0 Å². The van der Waals surface area contributed by atoms with Gasteiger partial charge < -0.3 is 18.9 Å². The number of hydrogen-bond acceptors (Lipinski definition) is 9. The third kappa shape index (κ3) is 2.97. The Morgan fingerprint density at radius 2 is 1.86 bits per heavy atom. The number of carbonyl (C=O) groups excluding carboxylic acids is 2. The minimum Gasteiger partial charge on any atom is -0.466 e. The fourth-order valence-corrected chi connectivity index (χ4v) is 5.06. The number of thioether (sulfide) groups is 1. The molecular weight excluding hydrogens is 414 g/mol.